The topological polar surface area (TPSA) is 59.5 Å². The summed E-state index contributed by atoms with van der Waals surface area (Å²) in [5.74, 6) is 0. The average molecular weight is 447 g/mol. The van der Waals surface area contributed by atoms with Crippen molar-refractivity contribution in [2.45, 2.75) is 32.5 Å². The van der Waals surface area contributed by atoms with Crippen LogP contribution >= 0.6 is 11.6 Å². The lowest BCUT2D eigenvalue weighted by atomic mass is 10.0. The number of hydrogen-bond donors (Lipinski definition) is 3. The van der Waals surface area contributed by atoms with Crippen molar-refractivity contribution in [2.24, 2.45) is 0 Å². The maximum absolute atomic E-state index is 9.59. The van der Waals surface area contributed by atoms with Gasteiger partial charge in [0.1, 0.15) is 0 Å². The van der Waals surface area contributed by atoms with E-state index in [1.807, 2.05) is 31.2 Å². The zero-order chi connectivity index (χ0) is 22.2. The van der Waals surface area contributed by atoms with Gasteiger partial charge in [-0.05, 0) is 66.8 Å². The molecule has 2 heterocycles. The van der Waals surface area contributed by atoms with Gasteiger partial charge in [0.05, 0.1) is 5.02 Å². The minimum atomic E-state index is -1.46. The lowest BCUT2D eigenvalue weighted by molar-refractivity contribution is -0.0429. The fourth-order valence-corrected chi connectivity index (χ4v) is 4.93. The summed E-state index contributed by atoms with van der Waals surface area (Å²) in [5.41, 5.74) is 7.90. The molecule has 0 atom stereocenters. The van der Waals surface area contributed by atoms with E-state index in [0.717, 1.165) is 57.0 Å². The molecule has 0 bridgehead atoms. The second-order valence-electron chi connectivity index (χ2n) is 8.70. The third-order valence-electron chi connectivity index (χ3n) is 6.43. The molecule has 1 aromatic heterocycles. The molecule has 4 nitrogen and oxygen atoms in total. The van der Waals surface area contributed by atoms with Crippen LogP contribution in [-0.4, -0.2) is 28.3 Å². The van der Waals surface area contributed by atoms with Gasteiger partial charge in [-0.1, -0.05) is 41.9 Å². The van der Waals surface area contributed by atoms with E-state index in [2.05, 4.69) is 46.3 Å². The number of H-pyrrole nitrogens is 1. The molecule has 0 unspecified atom stereocenters. The third kappa shape index (κ3) is 4.14. The summed E-state index contributed by atoms with van der Waals surface area (Å²) in [5, 5.41) is 21.0. The summed E-state index contributed by atoms with van der Waals surface area (Å²) < 4.78 is 0. The van der Waals surface area contributed by atoms with Crippen molar-refractivity contribution < 1.29 is 10.2 Å². The summed E-state index contributed by atoms with van der Waals surface area (Å²) in [7, 11) is 0. The molecule has 0 amide bonds. The predicted molar refractivity (Wildman–Crippen MR) is 131 cm³/mol. The van der Waals surface area contributed by atoms with Gasteiger partial charge in [0.25, 0.3) is 0 Å². The number of hydrogen-bond acceptors (Lipinski definition) is 3. The number of aliphatic hydroxyl groups excluding tert-OH is 1. The number of benzene rings is 3. The highest BCUT2D eigenvalue weighted by molar-refractivity contribution is 6.34. The number of anilines is 1. The smallest absolute Gasteiger partial charge is 0.178 e. The molecule has 1 fully saturated rings. The Balaban J connectivity index is 1.42. The monoisotopic (exact) mass is 446 g/mol. The number of halogens is 1. The largest absolute Gasteiger partial charge is 0.372 e. The number of aryl methyl sites for hydroxylation is 1. The molecular formula is C27H27ClN2O2. The molecule has 5 heteroatoms. The van der Waals surface area contributed by atoms with E-state index < -0.39 is 6.29 Å². The number of aromatic amines is 1. The lowest BCUT2D eigenvalue weighted by Gasteiger charge is -2.18. The van der Waals surface area contributed by atoms with Gasteiger partial charge in [-0.3, -0.25) is 0 Å². The van der Waals surface area contributed by atoms with Crippen LogP contribution in [0.2, 0.25) is 5.02 Å². The first-order chi connectivity index (χ1) is 15.5. The van der Waals surface area contributed by atoms with Gasteiger partial charge in [0.2, 0.25) is 0 Å². The first-order valence-electron chi connectivity index (χ1n) is 11.1. The zero-order valence-corrected chi connectivity index (χ0v) is 18.9. The van der Waals surface area contributed by atoms with Crippen molar-refractivity contribution in [3.05, 3.63) is 88.1 Å². The fourth-order valence-electron chi connectivity index (χ4n) is 4.66. The van der Waals surface area contributed by atoms with Crippen LogP contribution in [0.25, 0.3) is 22.0 Å². The SMILES string of the molecule is Cc1ccc(Cc2cc3cc(-c4ccc(N5CCCC5)cc4)c(Cl)cc3[nH]2)cc1C(O)O. The van der Waals surface area contributed by atoms with E-state index in [-0.39, 0.29) is 0 Å². The minimum Gasteiger partial charge on any atom is -0.372 e. The summed E-state index contributed by atoms with van der Waals surface area (Å²) in [6, 6.07) is 20.8. The second kappa shape index (κ2) is 8.62. The first-order valence-corrected chi connectivity index (χ1v) is 11.5. The Morgan fingerprint density at radius 1 is 0.969 bits per heavy atom. The molecular weight excluding hydrogens is 420 g/mol. The van der Waals surface area contributed by atoms with Crippen molar-refractivity contribution in [1.82, 2.24) is 4.98 Å². The van der Waals surface area contributed by atoms with Crippen LogP contribution < -0.4 is 4.90 Å². The van der Waals surface area contributed by atoms with Crippen LogP contribution in [0, 0.1) is 6.92 Å². The highest BCUT2D eigenvalue weighted by atomic mass is 35.5. The second-order valence-corrected chi connectivity index (χ2v) is 9.10. The van der Waals surface area contributed by atoms with Crippen LogP contribution in [0.4, 0.5) is 5.69 Å². The van der Waals surface area contributed by atoms with Gasteiger partial charge in [0.15, 0.2) is 6.29 Å². The van der Waals surface area contributed by atoms with E-state index >= 15 is 0 Å². The third-order valence-corrected chi connectivity index (χ3v) is 6.74. The van der Waals surface area contributed by atoms with Crippen molar-refractivity contribution in [1.29, 1.82) is 0 Å². The lowest BCUT2D eigenvalue weighted by Crippen LogP contribution is -2.17. The number of rotatable bonds is 5. The molecule has 1 aliphatic heterocycles. The number of nitrogens with one attached hydrogen (secondary N) is 1. The molecule has 3 N–H and O–H groups in total. The molecule has 5 rings (SSSR count). The summed E-state index contributed by atoms with van der Waals surface area (Å²) in [6.07, 6.45) is 1.75. The maximum atomic E-state index is 9.59. The molecule has 3 aromatic carbocycles. The van der Waals surface area contributed by atoms with Crippen LogP contribution in [0.3, 0.4) is 0 Å². The average Bonchev–Trinajstić information content (AvgIpc) is 3.44. The van der Waals surface area contributed by atoms with E-state index in [4.69, 9.17) is 11.6 Å². The molecule has 164 valence electrons. The Kier molecular flexibility index (Phi) is 5.68. The van der Waals surface area contributed by atoms with Crippen LogP contribution in [0.15, 0.2) is 60.7 Å². The number of aromatic nitrogens is 1. The van der Waals surface area contributed by atoms with Crippen molar-refractivity contribution in [3.8, 4) is 11.1 Å². The standard InChI is InChI=1S/C27H27ClN2O2/c1-17-4-5-18(13-23(17)27(31)32)12-21-14-20-15-24(25(28)16-26(20)29-21)19-6-8-22(9-7-19)30-10-2-3-11-30/h4-9,13-16,27,29,31-32H,2-3,10-12H2,1H3. The highest BCUT2D eigenvalue weighted by Crippen LogP contribution is 2.34. The number of aliphatic hydroxyl groups is 2. The Morgan fingerprint density at radius 2 is 1.72 bits per heavy atom. The molecule has 0 radical (unpaired) electrons. The molecule has 1 aliphatic rings. The van der Waals surface area contributed by atoms with Crippen LogP contribution in [0.5, 0.6) is 0 Å². The van der Waals surface area contributed by atoms with Crippen molar-refractivity contribution in [3.63, 3.8) is 0 Å². The highest BCUT2D eigenvalue weighted by Gasteiger charge is 2.14. The normalized spacial score (nSPS) is 14.1. The van der Waals surface area contributed by atoms with Gasteiger partial charge in [-0.15, -0.1) is 0 Å². The Labute approximate surface area is 193 Å². The van der Waals surface area contributed by atoms with Crippen LogP contribution in [0.1, 0.15) is 41.5 Å². The van der Waals surface area contributed by atoms with Gasteiger partial charge in [-0.2, -0.15) is 0 Å². The Bertz CT molecular complexity index is 1250. The van der Waals surface area contributed by atoms with E-state index in [9.17, 15) is 10.2 Å². The van der Waals surface area contributed by atoms with E-state index in [1.165, 1.54) is 18.5 Å². The number of fused-ring (bicyclic) bond motifs is 1. The predicted octanol–water partition coefficient (Wildman–Crippen LogP) is 5.97. The molecule has 0 saturated carbocycles. The summed E-state index contributed by atoms with van der Waals surface area (Å²) in [4.78, 5) is 5.89. The minimum absolute atomic E-state index is 0.543. The molecule has 32 heavy (non-hydrogen) atoms. The van der Waals surface area contributed by atoms with Crippen molar-refractivity contribution in [2.75, 3.05) is 18.0 Å². The maximum Gasteiger partial charge on any atom is 0.178 e. The van der Waals surface area contributed by atoms with Gasteiger partial charge in [-0.25, -0.2) is 0 Å². The molecule has 1 saturated heterocycles. The molecule has 4 aromatic rings. The summed E-state index contributed by atoms with van der Waals surface area (Å²) in [6.45, 7) is 4.15. The van der Waals surface area contributed by atoms with E-state index in [1.54, 1.807) is 0 Å². The Hall–Kier alpha value is -2.79. The van der Waals surface area contributed by atoms with Gasteiger partial charge in [0, 0.05) is 52.9 Å². The summed E-state index contributed by atoms with van der Waals surface area (Å²) >= 11 is 6.66. The first kappa shape index (κ1) is 21.1. The molecule has 0 spiro atoms. The Morgan fingerprint density at radius 3 is 2.44 bits per heavy atom. The van der Waals surface area contributed by atoms with Gasteiger partial charge < -0.3 is 20.1 Å². The van der Waals surface area contributed by atoms with E-state index in [0.29, 0.717) is 12.0 Å². The van der Waals surface area contributed by atoms with Crippen molar-refractivity contribution >= 4 is 28.2 Å². The fraction of sp³-hybridized carbons (Fsp3) is 0.259. The van der Waals surface area contributed by atoms with Crippen LogP contribution in [-0.2, 0) is 6.42 Å². The number of nitrogens with zero attached hydrogens (tertiary/aromatic N) is 1. The molecule has 0 aliphatic carbocycles. The zero-order valence-electron chi connectivity index (χ0n) is 18.1. The van der Waals surface area contributed by atoms with Gasteiger partial charge >= 0.3 is 0 Å². The quantitative estimate of drug-likeness (QED) is 0.331.